The van der Waals surface area contributed by atoms with E-state index in [0.29, 0.717) is 0 Å². The van der Waals surface area contributed by atoms with Gasteiger partial charge in [-0.15, -0.1) is 12.4 Å². The number of ether oxygens (including phenoxy) is 1. The third kappa shape index (κ3) is 6.47. The monoisotopic (exact) mass is 271 g/mol. The number of nitrogens with one attached hydrogen (secondary N) is 1. The summed E-state index contributed by atoms with van der Waals surface area (Å²) in [4.78, 5) is 0. The van der Waals surface area contributed by atoms with Gasteiger partial charge in [-0.05, 0) is 43.7 Å². The number of rotatable bonds is 8. The van der Waals surface area contributed by atoms with Gasteiger partial charge < -0.3 is 16.2 Å². The van der Waals surface area contributed by atoms with Gasteiger partial charge in [0, 0.05) is 5.56 Å². The molecule has 5 heteroatoms. The summed E-state index contributed by atoms with van der Waals surface area (Å²) in [6.07, 6.45) is 4.47. The molecule has 0 heterocycles. The maximum Gasteiger partial charge on any atom is 0.122 e. The maximum absolute atomic E-state index is 7.26. The average Bonchev–Trinajstić information content (AvgIpc) is 2.34. The topological polar surface area (TPSA) is 85.1 Å². The molecule has 4 nitrogen and oxygen atoms in total. The van der Waals surface area contributed by atoms with Crippen molar-refractivity contribution in [2.24, 2.45) is 11.5 Å². The second kappa shape index (κ2) is 9.74. The van der Waals surface area contributed by atoms with E-state index in [2.05, 4.69) is 0 Å². The van der Waals surface area contributed by atoms with Gasteiger partial charge in [0.05, 0.1) is 6.61 Å². The van der Waals surface area contributed by atoms with Crippen LogP contribution in [0.15, 0.2) is 24.3 Å². The van der Waals surface area contributed by atoms with Crippen molar-refractivity contribution in [3.63, 3.8) is 0 Å². The lowest BCUT2D eigenvalue weighted by Crippen LogP contribution is -2.10. The Morgan fingerprint density at radius 3 is 2.22 bits per heavy atom. The first-order chi connectivity index (χ1) is 8.24. The highest BCUT2D eigenvalue weighted by atomic mass is 35.5. The van der Waals surface area contributed by atoms with Gasteiger partial charge in [-0.25, -0.2) is 0 Å². The fraction of sp³-hybridized carbons (Fsp3) is 0.462. The van der Waals surface area contributed by atoms with E-state index in [4.69, 9.17) is 21.6 Å². The lowest BCUT2D eigenvalue weighted by atomic mass is 10.2. The van der Waals surface area contributed by atoms with E-state index in [1.165, 1.54) is 6.42 Å². The van der Waals surface area contributed by atoms with Gasteiger partial charge in [0.2, 0.25) is 0 Å². The molecular weight excluding hydrogens is 250 g/mol. The Kier molecular flexibility index (Phi) is 9.06. The summed E-state index contributed by atoms with van der Waals surface area (Å²) in [5.41, 5.74) is 11.5. The highest BCUT2D eigenvalue weighted by Crippen LogP contribution is 2.12. The molecule has 1 rings (SSSR count). The second-order valence-corrected chi connectivity index (χ2v) is 3.99. The van der Waals surface area contributed by atoms with Crippen LogP contribution in [0, 0.1) is 5.41 Å². The van der Waals surface area contributed by atoms with Gasteiger partial charge >= 0.3 is 0 Å². The summed E-state index contributed by atoms with van der Waals surface area (Å²) in [5.74, 6) is 0.909. The van der Waals surface area contributed by atoms with Crippen LogP contribution in [-0.4, -0.2) is 19.0 Å². The third-order valence-electron chi connectivity index (χ3n) is 2.53. The summed E-state index contributed by atoms with van der Waals surface area (Å²) in [6.45, 7) is 1.50. The van der Waals surface area contributed by atoms with Crippen molar-refractivity contribution in [1.82, 2.24) is 0 Å². The molecule has 0 saturated carbocycles. The first kappa shape index (κ1) is 16.7. The lowest BCUT2D eigenvalue weighted by molar-refractivity contribution is 0.305. The summed E-state index contributed by atoms with van der Waals surface area (Å²) >= 11 is 0. The van der Waals surface area contributed by atoms with Crippen molar-refractivity contribution in [2.75, 3.05) is 13.2 Å². The molecule has 0 fully saturated rings. The second-order valence-electron chi connectivity index (χ2n) is 3.99. The fourth-order valence-electron chi connectivity index (χ4n) is 1.52. The van der Waals surface area contributed by atoms with E-state index in [1.54, 1.807) is 12.1 Å². The molecule has 0 saturated heterocycles. The number of nitrogens with two attached hydrogens (primary N) is 2. The molecule has 0 spiro atoms. The van der Waals surface area contributed by atoms with Crippen LogP contribution < -0.4 is 16.2 Å². The van der Waals surface area contributed by atoms with Crippen molar-refractivity contribution < 1.29 is 4.74 Å². The number of nitrogen functional groups attached to an aromatic ring is 1. The summed E-state index contributed by atoms with van der Waals surface area (Å²) < 4.78 is 5.58. The molecular formula is C13H22ClN3O. The minimum Gasteiger partial charge on any atom is -0.494 e. The van der Waals surface area contributed by atoms with Crippen molar-refractivity contribution in [2.45, 2.75) is 25.7 Å². The van der Waals surface area contributed by atoms with Crippen LogP contribution in [0.25, 0.3) is 0 Å². The Labute approximate surface area is 115 Å². The Hall–Kier alpha value is -1.26. The van der Waals surface area contributed by atoms with Crippen LogP contribution in [-0.2, 0) is 0 Å². The number of benzene rings is 1. The van der Waals surface area contributed by atoms with E-state index >= 15 is 0 Å². The molecule has 0 aliphatic carbocycles. The van der Waals surface area contributed by atoms with Gasteiger partial charge in [0.25, 0.3) is 0 Å². The van der Waals surface area contributed by atoms with E-state index in [0.717, 1.165) is 43.7 Å². The minimum atomic E-state index is 0. The zero-order chi connectivity index (χ0) is 12.5. The zero-order valence-corrected chi connectivity index (χ0v) is 11.3. The van der Waals surface area contributed by atoms with Crippen LogP contribution in [0.3, 0.4) is 0 Å². The van der Waals surface area contributed by atoms with Crippen LogP contribution >= 0.6 is 12.4 Å². The molecule has 0 aliphatic heterocycles. The van der Waals surface area contributed by atoms with Crippen molar-refractivity contribution in [3.05, 3.63) is 29.8 Å². The van der Waals surface area contributed by atoms with Gasteiger partial charge in [-0.2, -0.15) is 0 Å². The zero-order valence-electron chi connectivity index (χ0n) is 10.5. The van der Waals surface area contributed by atoms with E-state index in [1.807, 2.05) is 12.1 Å². The molecule has 0 aliphatic rings. The van der Waals surface area contributed by atoms with E-state index in [9.17, 15) is 0 Å². The Morgan fingerprint density at radius 1 is 1.06 bits per heavy atom. The van der Waals surface area contributed by atoms with Crippen molar-refractivity contribution in [3.8, 4) is 5.75 Å². The molecule has 0 radical (unpaired) electrons. The fourth-order valence-corrected chi connectivity index (χ4v) is 1.52. The predicted molar refractivity (Wildman–Crippen MR) is 77.7 cm³/mol. The third-order valence-corrected chi connectivity index (χ3v) is 2.53. The summed E-state index contributed by atoms with van der Waals surface area (Å²) in [5, 5.41) is 7.26. The SMILES string of the molecule is Cl.N=C(N)c1ccc(OCCCCCCN)cc1. The number of halogens is 1. The molecule has 0 bridgehead atoms. The van der Waals surface area contributed by atoms with Crippen LogP contribution in [0.1, 0.15) is 31.2 Å². The molecule has 0 aromatic heterocycles. The molecule has 1 aromatic carbocycles. The molecule has 5 N–H and O–H groups in total. The van der Waals surface area contributed by atoms with Gasteiger partial charge in [-0.3, -0.25) is 5.41 Å². The van der Waals surface area contributed by atoms with Crippen LogP contribution in [0.2, 0.25) is 0 Å². The standard InChI is InChI=1S/C13H21N3O.ClH/c14-9-3-1-2-4-10-17-12-7-5-11(6-8-12)13(15)16;/h5-8H,1-4,9-10,14H2,(H3,15,16);1H. The number of amidine groups is 1. The quantitative estimate of drug-likeness (QED) is 0.385. The van der Waals surface area contributed by atoms with Gasteiger partial charge in [0.15, 0.2) is 0 Å². The molecule has 0 atom stereocenters. The van der Waals surface area contributed by atoms with E-state index < -0.39 is 0 Å². The average molecular weight is 272 g/mol. The highest BCUT2D eigenvalue weighted by molar-refractivity contribution is 5.94. The van der Waals surface area contributed by atoms with Crippen LogP contribution in [0.4, 0.5) is 0 Å². The molecule has 18 heavy (non-hydrogen) atoms. The predicted octanol–water partition coefficient (Wildman–Crippen LogP) is 2.29. The summed E-state index contributed by atoms with van der Waals surface area (Å²) in [7, 11) is 0. The van der Waals surface area contributed by atoms with E-state index in [-0.39, 0.29) is 18.2 Å². The number of unbranched alkanes of at least 4 members (excludes halogenated alkanes) is 3. The Bertz CT molecular complexity index is 341. The van der Waals surface area contributed by atoms with Gasteiger partial charge in [0.1, 0.15) is 11.6 Å². The number of hydrogen-bond donors (Lipinski definition) is 3. The smallest absolute Gasteiger partial charge is 0.122 e. The first-order valence-corrected chi connectivity index (χ1v) is 6.01. The molecule has 0 unspecified atom stereocenters. The largest absolute Gasteiger partial charge is 0.494 e. The van der Waals surface area contributed by atoms with Crippen molar-refractivity contribution in [1.29, 1.82) is 5.41 Å². The minimum absolute atomic E-state index is 0. The van der Waals surface area contributed by atoms with Crippen molar-refractivity contribution >= 4 is 18.2 Å². The Balaban J connectivity index is 0.00000289. The molecule has 102 valence electrons. The van der Waals surface area contributed by atoms with Gasteiger partial charge in [-0.1, -0.05) is 12.8 Å². The Morgan fingerprint density at radius 2 is 1.67 bits per heavy atom. The molecule has 0 amide bonds. The first-order valence-electron chi connectivity index (χ1n) is 6.01. The lowest BCUT2D eigenvalue weighted by Gasteiger charge is -2.06. The normalized spacial score (nSPS) is 9.61. The highest BCUT2D eigenvalue weighted by Gasteiger charge is 1.97. The molecule has 1 aromatic rings. The van der Waals surface area contributed by atoms with Crippen LogP contribution in [0.5, 0.6) is 5.75 Å². The number of hydrogen-bond acceptors (Lipinski definition) is 3. The maximum atomic E-state index is 7.26. The summed E-state index contributed by atoms with van der Waals surface area (Å²) in [6, 6.07) is 7.28.